The minimum absolute atomic E-state index is 0.592. The van der Waals surface area contributed by atoms with E-state index >= 15 is 0 Å². The van der Waals surface area contributed by atoms with Crippen LogP contribution in [0.2, 0.25) is 5.02 Å². The Hall–Kier alpha value is -4.11. The normalized spacial score (nSPS) is 13.9. The van der Waals surface area contributed by atoms with Gasteiger partial charge in [-0.15, -0.1) is 0 Å². The molecule has 1 saturated heterocycles. The molecule has 194 valence electrons. The number of anilines is 3. The molecule has 2 aromatic carbocycles. The smallest absolute Gasteiger partial charge is 0.228 e. The first-order valence-electron chi connectivity index (χ1n) is 12.7. The third-order valence-corrected chi connectivity index (χ3v) is 7.18. The molecule has 0 spiro atoms. The average Bonchev–Trinajstić information content (AvgIpc) is 3.51. The Balaban J connectivity index is 1.33. The van der Waals surface area contributed by atoms with Gasteiger partial charge in [0.1, 0.15) is 11.6 Å². The van der Waals surface area contributed by atoms with Gasteiger partial charge in [0.15, 0.2) is 5.82 Å². The van der Waals surface area contributed by atoms with Gasteiger partial charge in [0.25, 0.3) is 0 Å². The van der Waals surface area contributed by atoms with Gasteiger partial charge in [0.05, 0.1) is 11.2 Å². The first kappa shape index (κ1) is 24.2. The minimum Gasteiger partial charge on any atom is -0.365 e. The van der Waals surface area contributed by atoms with Crippen molar-refractivity contribution < 1.29 is 4.52 Å². The van der Waals surface area contributed by atoms with Crippen molar-refractivity contribution in [1.82, 2.24) is 24.9 Å². The first-order valence-corrected chi connectivity index (χ1v) is 13.1. The molecule has 1 fully saturated rings. The standard InChI is InChI=1S/C28H29ClN8O/c1-18-26(19(2)38-34-18)21-7-8-24-23(16-21)27(30-17-20-5-4-6-22(29)15-20)32-28(31-24)37-13-11-36(12-14-37)25-9-10-35(3)33-25/h4-10,15-16H,11-14,17H2,1-3H3,(H,30,31,32). The van der Waals surface area contributed by atoms with Gasteiger partial charge in [-0.05, 0) is 49.2 Å². The van der Waals surface area contributed by atoms with E-state index in [2.05, 4.69) is 55.7 Å². The molecule has 9 nitrogen and oxygen atoms in total. The summed E-state index contributed by atoms with van der Waals surface area (Å²) in [6, 6.07) is 16.1. The maximum atomic E-state index is 6.23. The largest absolute Gasteiger partial charge is 0.365 e. The monoisotopic (exact) mass is 528 g/mol. The Labute approximate surface area is 226 Å². The fraction of sp³-hybridized carbons (Fsp3) is 0.286. The van der Waals surface area contributed by atoms with Gasteiger partial charge in [-0.2, -0.15) is 10.1 Å². The highest BCUT2D eigenvalue weighted by molar-refractivity contribution is 6.30. The van der Waals surface area contributed by atoms with Gasteiger partial charge in [-0.1, -0.05) is 35.0 Å². The number of aromatic nitrogens is 5. The summed E-state index contributed by atoms with van der Waals surface area (Å²) in [4.78, 5) is 14.5. The van der Waals surface area contributed by atoms with Crippen molar-refractivity contribution in [2.45, 2.75) is 20.4 Å². The fourth-order valence-corrected chi connectivity index (χ4v) is 5.20. The Kier molecular flexibility index (Phi) is 6.37. The van der Waals surface area contributed by atoms with Crippen LogP contribution in [0.4, 0.5) is 17.6 Å². The molecular formula is C28H29ClN8O. The molecule has 0 saturated carbocycles. The number of fused-ring (bicyclic) bond motifs is 1. The van der Waals surface area contributed by atoms with Gasteiger partial charge >= 0.3 is 0 Å². The average molecular weight is 529 g/mol. The van der Waals surface area contributed by atoms with Crippen LogP contribution >= 0.6 is 11.6 Å². The molecule has 4 heterocycles. The number of nitrogens with one attached hydrogen (secondary N) is 1. The van der Waals surface area contributed by atoms with E-state index in [0.717, 1.165) is 82.8 Å². The topological polar surface area (TPSA) is 88.1 Å². The molecule has 38 heavy (non-hydrogen) atoms. The zero-order valence-electron chi connectivity index (χ0n) is 21.6. The quantitative estimate of drug-likeness (QED) is 0.320. The van der Waals surface area contributed by atoms with Crippen LogP contribution < -0.4 is 15.1 Å². The summed E-state index contributed by atoms with van der Waals surface area (Å²) in [5.41, 5.74) is 4.85. The number of hydrogen-bond donors (Lipinski definition) is 1. The summed E-state index contributed by atoms with van der Waals surface area (Å²) >= 11 is 6.23. The van der Waals surface area contributed by atoms with Gasteiger partial charge in [-0.25, -0.2) is 4.98 Å². The van der Waals surface area contributed by atoms with Crippen molar-refractivity contribution in [2.24, 2.45) is 7.05 Å². The van der Waals surface area contributed by atoms with Gasteiger partial charge in [-0.3, -0.25) is 4.68 Å². The lowest BCUT2D eigenvalue weighted by molar-refractivity contribution is 0.393. The van der Waals surface area contributed by atoms with Crippen molar-refractivity contribution in [2.75, 3.05) is 41.3 Å². The molecule has 0 aliphatic carbocycles. The molecule has 0 unspecified atom stereocenters. The van der Waals surface area contributed by atoms with Crippen LogP contribution in [0, 0.1) is 13.8 Å². The third-order valence-electron chi connectivity index (χ3n) is 6.94. The van der Waals surface area contributed by atoms with Crippen molar-refractivity contribution in [3.05, 3.63) is 76.8 Å². The Morgan fingerprint density at radius 2 is 1.79 bits per heavy atom. The van der Waals surface area contributed by atoms with Crippen molar-refractivity contribution in [1.29, 1.82) is 0 Å². The number of hydrogen-bond acceptors (Lipinski definition) is 8. The molecule has 6 rings (SSSR count). The van der Waals surface area contributed by atoms with Gasteiger partial charge in [0, 0.05) is 68.0 Å². The summed E-state index contributed by atoms with van der Waals surface area (Å²) in [6.45, 7) is 7.82. The SMILES string of the molecule is Cc1noc(C)c1-c1ccc2nc(N3CCN(c4ccn(C)n4)CC3)nc(NCc3cccc(Cl)c3)c2c1. The number of halogens is 1. The Morgan fingerprint density at radius 1 is 0.974 bits per heavy atom. The zero-order valence-corrected chi connectivity index (χ0v) is 22.4. The van der Waals surface area contributed by atoms with E-state index in [0.29, 0.717) is 11.6 Å². The molecular weight excluding hydrogens is 500 g/mol. The lowest BCUT2D eigenvalue weighted by Crippen LogP contribution is -2.47. The first-order chi connectivity index (χ1) is 18.4. The van der Waals surface area contributed by atoms with E-state index in [1.165, 1.54) is 0 Å². The Bertz CT molecular complexity index is 1580. The number of aryl methyl sites for hydroxylation is 3. The number of rotatable bonds is 6. The minimum atomic E-state index is 0.592. The molecule has 1 aliphatic rings. The second-order valence-electron chi connectivity index (χ2n) is 9.61. The third kappa shape index (κ3) is 4.77. The van der Waals surface area contributed by atoms with Crippen LogP contribution in [-0.2, 0) is 13.6 Å². The van der Waals surface area contributed by atoms with Gasteiger partial charge in [0.2, 0.25) is 5.95 Å². The van der Waals surface area contributed by atoms with Crippen molar-refractivity contribution in [3.63, 3.8) is 0 Å². The van der Waals surface area contributed by atoms with Crippen LogP contribution in [0.3, 0.4) is 0 Å². The fourth-order valence-electron chi connectivity index (χ4n) is 4.98. The zero-order chi connectivity index (χ0) is 26.2. The van der Waals surface area contributed by atoms with Crippen LogP contribution in [-0.4, -0.2) is 51.1 Å². The highest BCUT2D eigenvalue weighted by Gasteiger charge is 2.22. The summed E-state index contributed by atoms with van der Waals surface area (Å²) in [5.74, 6) is 3.29. The predicted octanol–water partition coefficient (Wildman–Crippen LogP) is 5.23. The van der Waals surface area contributed by atoms with E-state index in [1.54, 1.807) is 0 Å². The maximum Gasteiger partial charge on any atom is 0.228 e. The summed E-state index contributed by atoms with van der Waals surface area (Å²) in [5, 5.41) is 13.9. The molecule has 0 radical (unpaired) electrons. The van der Waals surface area contributed by atoms with E-state index in [-0.39, 0.29) is 0 Å². The molecule has 0 atom stereocenters. The predicted molar refractivity (Wildman–Crippen MR) is 151 cm³/mol. The van der Waals surface area contributed by atoms with E-state index < -0.39 is 0 Å². The maximum absolute atomic E-state index is 6.23. The lowest BCUT2D eigenvalue weighted by atomic mass is 10.0. The molecule has 10 heteroatoms. The summed E-state index contributed by atoms with van der Waals surface area (Å²) in [7, 11) is 1.94. The lowest BCUT2D eigenvalue weighted by Gasteiger charge is -2.35. The van der Waals surface area contributed by atoms with E-state index in [1.807, 2.05) is 50.0 Å². The Morgan fingerprint density at radius 3 is 2.50 bits per heavy atom. The van der Waals surface area contributed by atoms with Crippen LogP contribution in [0.1, 0.15) is 17.0 Å². The van der Waals surface area contributed by atoms with E-state index in [9.17, 15) is 0 Å². The molecule has 0 bridgehead atoms. The number of nitrogens with zero attached hydrogens (tertiary/aromatic N) is 7. The van der Waals surface area contributed by atoms with Crippen molar-refractivity contribution in [3.8, 4) is 11.1 Å². The molecule has 5 aromatic rings. The summed E-state index contributed by atoms with van der Waals surface area (Å²) < 4.78 is 7.26. The van der Waals surface area contributed by atoms with Crippen molar-refractivity contribution >= 4 is 40.1 Å². The number of benzene rings is 2. The van der Waals surface area contributed by atoms with Gasteiger partial charge < -0.3 is 19.6 Å². The van der Waals surface area contributed by atoms with Crippen LogP contribution in [0.5, 0.6) is 0 Å². The second kappa shape index (κ2) is 9.98. The highest BCUT2D eigenvalue weighted by Crippen LogP contribution is 2.33. The number of piperazine rings is 1. The second-order valence-corrected chi connectivity index (χ2v) is 10.0. The van der Waals surface area contributed by atoms with E-state index in [4.69, 9.17) is 26.1 Å². The van der Waals surface area contributed by atoms with Crippen LogP contribution in [0.25, 0.3) is 22.0 Å². The molecule has 0 amide bonds. The molecule has 1 N–H and O–H groups in total. The summed E-state index contributed by atoms with van der Waals surface area (Å²) in [6.07, 6.45) is 1.98. The highest BCUT2D eigenvalue weighted by atomic mass is 35.5. The molecule has 3 aromatic heterocycles. The molecule has 1 aliphatic heterocycles. The van der Waals surface area contributed by atoms with Crippen LogP contribution in [0.15, 0.2) is 59.3 Å².